The molecule has 3 nitrogen and oxygen atoms in total. The van der Waals surface area contributed by atoms with E-state index in [0.29, 0.717) is 6.61 Å². The molecule has 88 valence electrons. The Morgan fingerprint density at radius 2 is 2.12 bits per heavy atom. The van der Waals surface area contributed by atoms with Crippen LogP contribution in [0.1, 0.15) is 12.0 Å². The molecule has 1 saturated heterocycles. The van der Waals surface area contributed by atoms with E-state index < -0.39 is 0 Å². The number of ether oxygens (including phenoxy) is 2. The zero-order chi connectivity index (χ0) is 11.7. The summed E-state index contributed by atoms with van der Waals surface area (Å²) in [6.45, 7) is 0.531. The minimum Gasteiger partial charge on any atom is -0.455 e. The maximum Gasteiger partial charge on any atom is 0.312 e. The summed E-state index contributed by atoms with van der Waals surface area (Å²) >= 11 is 0. The fraction of sp³-hybridized carbons (Fsp3) is 0.357. The first kappa shape index (κ1) is 10.5. The van der Waals surface area contributed by atoms with Crippen LogP contribution in [-0.4, -0.2) is 18.2 Å². The average Bonchev–Trinajstić information content (AvgIpc) is 2.54. The molecule has 1 aliphatic carbocycles. The molecule has 0 spiro atoms. The molecule has 1 aliphatic heterocycles. The van der Waals surface area contributed by atoms with E-state index in [1.807, 2.05) is 42.5 Å². The fourth-order valence-corrected chi connectivity index (χ4v) is 2.37. The number of fused-ring (bicyclic) bond motifs is 2. The molecular weight excluding hydrogens is 216 g/mol. The van der Waals surface area contributed by atoms with Gasteiger partial charge in [0, 0.05) is 0 Å². The van der Waals surface area contributed by atoms with Crippen molar-refractivity contribution in [2.24, 2.45) is 5.92 Å². The number of rotatable bonds is 3. The van der Waals surface area contributed by atoms with E-state index in [1.165, 1.54) is 0 Å². The van der Waals surface area contributed by atoms with E-state index in [4.69, 9.17) is 9.47 Å². The molecule has 0 N–H and O–H groups in total. The molecular formula is C14H14O3. The molecule has 1 heterocycles. The van der Waals surface area contributed by atoms with Crippen molar-refractivity contribution < 1.29 is 14.3 Å². The molecule has 3 rings (SSSR count). The maximum atomic E-state index is 11.5. The second kappa shape index (κ2) is 4.34. The molecule has 1 fully saturated rings. The largest absolute Gasteiger partial charge is 0.455 e. The molecule has 2 bridgehead atoms. The third-order valence-corrected chi connectivity index (χ3v) is 3.28. The Labute approximate surface area is 100 Å². The van der Waals surface area contributed by atoms with Crippen LogP contribution in [0, 0.1) is 5.92 Å². The van der Waals surface area contributed by atoms with Gasteiger partial charge in [0.2, 0.25) is 0 Å². The smallest absolute Gasteiger partial charge is 0.312 e. The van der Waals surface area contributed by atoms with E-state index in [-0.39, 0.29) is 24.1 Å². The van der Waals surface area contributed by atoms with Crippen molar-refractivity contribution in [2.75, 3.05) is 0 Å². The summed E-state index contributed by atoms with van der Waals surface area (Å²) in [5, 5.41) is 0. The Bertz CT molecular complexity index is 438. The van der Waals surface area contributed by atoms with Crippen LogP contribution in [0.3, 0.4) is 0 Å². The average molecular weight is 230 g/mol. The first-order valence-electron chi connectivity index (χ1n) is 5.87. The molecule has 2 aliphatic rings. The van der Waals surface area contributed by atoms with Gasteiger partial charge in [-0.2, -0.15) is 0 Å². The Morgan fingerprint density at radius 3 is 2.88 bits per heavy atom. The normalized spacial score (nSPS) is 30.4. The van der Waals surface area contributed by atoms with E-state index in [1.54, 1.807) is 0 Å². The second-order valence-electron chi connectivity index (χ2n) is 4.43. The Hall–Kier alpha value is -1.61. The summed E-state index contributed by atoms with van der Waals surface area (Å²) in [6, 6.07) is 9.97. The molecule has 1 aromatic carbocycles. The van der Waals surface area contributed by atoms with Crippen LogP contribution in [0.2, 0.25) is 0 Å². The Kier molecular flexibility index (Phi) is 2.69. The van der Waals surface area contributed by atoms with Gasteiger partial charge in [0.25, 0.3) is 0 Å². The van der Waals surface area contributed by atoms with Gasteiger partial charge in [-0.05, 0) is 18.1 Å². The summed E-state index contributed by atoms with van der Waals surface area (Å²) in [5.41, 5.74) is 1.12. The second-order valence-corrected chi connectivity index (χ2v) is 4.43. The minimum atomic E-state index is -0.190. The first-order chi connectivity index (χ1) is 8.34. The molecule has 0 saturated carbocycles. The number of carbonyl (C=O) groups excluding carboxylic acids is 1. The van der Waals surface area contributed by atoms with Gasteiger partial charge >= 0.3 is 5.97 Å². The predicted molar refractivity (Wildman–Crippen MR) is 62.1 cm³/mol. The summed E-state index contributed by atoms with van der Waals surface area (Å²) in [5.74, 6) is -0.244. The Balaban J connectivity index is 1.67. The van der Waals surface area contributed by atoms with E-state index in [0.717, 1.165) is 12.0 Å². The van der Waals surface area contributed by atoms with E-state index in [2.05, 4.69) is 0 Å². The number of benzene rings is 1. The zero-order valence-electron chi connectivity index (χ0n) is 9.41. The van der Waals surface area contributed by atoms with Gasteiger partial charge in [-0.1, -0.05) is 36.4 Å². The topological polar surface area (TPSA) is 35.5 Å². The number of hydrogen-bond acceptors (Lipinski definition) is 3. The molecule has 3 atom stereocenters. The molecule has 0 unspecified atom stereocenters. The summed E-state index contributed by atoms with van der Waals surface area (Å²) in [6.07, 6.45) is 4.35. The van der Waals surface area contributed by atoms with Crippen LogP contribution in [0.5, 0.6) is 0 Å². The molecule has 17 heavy (non-hydrogen) atoms. The predicted octanol–water partition coefficient (Wildman–Crippen LogP) is 2.07. The monoisotopic (exact) mass is 230 g/mol. The lowest BCUT2D eigenvalue weighted by Crippen LogP contribution is -2.31. The summed E-state index contributed by atoms with van der Waals surface area (Å²) in [7, 11) is 0. The lowest BCUT2D eigenvalue weighted by molar-refractivity contribution is -0.142. The van der Waals surface area contributed by atoms with Crippen LogP contribution in [0.4, 0.5) is 0 Å². The van der Waals surface area contributed by atoms with Gasteiger partial charge in [0.05, 0.1) is 12.5 Å². The zero-order valence-corrected chi connectivity index (χ0v) is 9.41. The highest BCUT2D eigenvalue weighted by Crippen LogP contribution is 2.33. The molecule has 3 heteroatoms. The van der Waals surface area contributed by atoms with Gasteiger partial charge in [-0.25, -0.2) is 0 Å². The number of carbonyl (C=O) groups is 1. The van der Waals surface area contributed by atoms with Crippen molar-refractivity contribution in [3.8, 4) is 0 Å². The van der Waals surface area contributed by atoms with Crippen LogP contribution in [0.15, 0.2) is 42.5 Å². The lowest BCUT2D eigenvalue weighted by Gasteiger charge is -2.22. The SMILES string of the molecule is O=C1O[C@@H]2C=CC[C@H]1[C@@H]2OCc1ccccc1. The van der Waals surface area contributed by atoms with E-state index >= 15 is 0 Å². The third-order valence-electron chi connectivity index (χ3n) is 3.28. The van der Waals surface area contributed by atoms with Crippen molar-refractivity contribution in [1.29, 1.82) is 0 Å². The molecule has 0 aromatic heterocycles. The van der Waals surface area contributed by atoms with E-state index in [9.17, 15) is 4.79 Å². The van der Waals surface area contributed by atoms with Crippen LogP contribution < -0.4 is 0 Å². The highest BCUT2D eigenvalue weighted by Gasteiger charge is 2.45. The van der Waals surface area contributed by atoms with Gasteiger partial charge in [-0.15, -0.1) is 0 Å². The van der Waals surface area contributed by atoms with Crippen molar-refractivity contribution in [3.05, 3.63) is 48.0 Å². The van der Waals surface area contributed by atoms with Gasteiger partial charge in [0.1, 0.15) is 12.2 Å². The van der Waals surface area contributed by atoms with Crippen molar-refractivity contribution >= 4 is 5.97 Å². The molecule has 0 radical (unpaired) electrons. The first-order valence-corrected chi connectivity index (χ1v) is 5.87. The molecule has 0 amide bonds. The molecule has 1 aromatic rings. The Morgan fingerprint density at radius 1 is 1.29 bits per heavy atom. The lowest BCUT2D eigenvalue weighted by atomic mass is 9.92. The maximum absolute atomic E-state index is 11.5. The van der Waals surface area contributed by atoms with Crippen LogP contribution in [-0.2, 0) is 20.9 Å². The number of allylic oxidation sites excluding steroid dienone is 1. The highest BCUT2D eigenvalue weighted by molar-refractivity contribution is 5.77. The van der Waals surface area contributed by atoms with Crippen LogP contribution in [0.25, 0.3) is 0 Å². The van der Waals surface area contributed by atoms with Gasteiger partial charge < -0.3 is 9.47 Å². The van der Waals surface area contributed by atoms with Gasteiger partial charge in [-0.3, -0.25) is 4.79 Å². The number of hydrogen-bond donors (Lipinski definition) is 0. The summed E-state index contributed by atoms with van der Waals surface area (Å²) in [4.78, 5) is 11.5. The third kappa shape index (κ3) is 1.98. The van der Waals surface area contributed by atoms with Crippen molar-refractivity contribution in [1.82, 2.24) is 0 Å². The van der Waals surface area contributed by atoms with Crippen molar-refractivity contribution in [2.45, 2.75) is 25.2 Å². The number of esters is 1. The van der Waals surface area contributed by atoms with Crippen molar-refractivity contribution in [3.63, 3.8) is 0 Å². The summed E-state index contributed by atoms with van der Waals surface area (Å²) < 4.78 is 11.1. The highest BCUT2D eigenvalue weighted by atomic mass is 16.6. The fourth-order valence-electron chi connectivity index (χ4n) is 2.37. The van der Waals surface area contributed by atoms with Gasteiger partial charge in [0.15, 0.2) is 0 Å². The van der Waals surface area contributed by atoms with Crippen LogP contribution >= 0.6 is 0 Å². The minimum absolute atomic E-state index is 0.117. The quantitative estimate of drug-likeness (QED) is 0.589. The standard InChI is InChI=1S/C14H14O3/c15-14-11-7-4-8-12(17-14)13(11)16-9-10-5-2-1-3-6-10/h1-6,8,11-13H,7,9H2/t11-,12+,13-/m0/s1.